The van der Waals surface area contributed by atoms with Crippen LogP contribution in [0.1, 0.15) is 18.9 Å². The number of benzene rings is 1. The summed E-state index contributed by atoms with van der Waals surface area (Å²) in [5, 5.41) is 4.21. The predicted octanol–water partition coefficient (Wildman–Crippen LogP) is 2.85. The molecule has 0 aliphatic heterocycles. The first kappa shape index (κ1) is 12.5. The fraction of sp³-hybridized carbons (Fsp3) is 0.500. The molecule has 1 aromatic rings. The van der Waals surface area contributed by atoms with Crippen molar-refractivity contribution >= 4 is 11.6 Å². The molecule has 0 spiro atoms. The van der Waals surface area contributed by atoms with Gasteiger partial charge in [-0.15, -0.1) is 0 Å². The Hall–Kier alpha value is -0.570. The van der Waals surface area contributed by atoms with Crippen molar-refractivity contribution < 1.29 is 4.74 Å². The molecule has 0 bridgehead atoms. The van der Waals surface area contributed by atoms with Crippen molar-refractivity contribution in [3.05, 3.63) is 34.9 Å². The molecule has 0 fully saturated rings. The van der Waals surface area contributed by atoms with Crippen LogP contribution in [0.2, 0.25) is 5.02 Å². The average Bonchev–Trinajstić information content (AvgIpc) is 2.25. The molecule has 84 valence electrons. The number of hydrogen-bond donors (Lipinski definition) is 1. The molecule has 1 N–H and O–H groups in total. The standard InChI is InChI=1S/C12H18ClNO/c1-10(7-8-15-2)14-9-11-3-5-12(13)6-4-11/h3-6,10,14H,7-9H2,1-2H3. The SMILES string of the molecule is COCCC(C)NCc1ccc(Cl)cc1. The number of methoxy groups -OCH3 is 1. The number of ether oxygens (including phenoxy) is 1. The number of halogens is 1. The van der Waals surface area contributed by atoms with Gasteiger partial charge in [0.15, 0.2) is 0 Å². The maximum atomic E-state index is 5.81. The van der Waals surface area contributed by atoms with Crippen LogP contribution >= 0.6 is 11.6 Å². The van der Waals surface area contributed by atoms with Crippen molar-refractivity contribution in [2.24, 2.45) is 0 Å². The third-order valence-corrected chi connectivity index (χ3v) is 2.57. The van der Waals surface area contributed by atoms with Crippen molar-refractivity contribution in [1.29, 1.82) is 0 Å². The van der Waals surface area contributed by atoms with Crippen molar-refractivity contribution in [3.8, 4) is 0 Å². The van der Waals surface area contributed by atoms with Gasteiger partial charge in [-0.05, 0) is 31.0 Å². The summed E-state index contributed by atoms with van der Waals surface area (Å²) in [5.74, 6) is 0. The third kappa shape index (κ3) is 5.17. The van der Waals surface area contributed by atoms with Gasteiger partial charge in [0, 0.05) is 31.3 Å². The van der Waals surface area contributed by atoms with Gasteiger partial charge in [0.25, 0.3) is 0 Å². The van der Waals surface area contributed by atoms with Gasteiger partial charge >= 0.3 is 0 Å². The van der Waals surface area contributed by atoms with Crippen LogP contribution in [0.3, 0.4) is 0 Å². The summed E-state index contributed by atoms with van der Waals surface area (Å²) in [6.45, 7) is 3.84. The van der Waals surface area contributed by atoms with Gasteiger partial charge in [0.1, 0.15) is 0 Å². The van der Waals surface area contributed by atoms with E-state index >= 15 is 0 Å². The van der Waals surface area contributed by atoms with Gasteiger partial charge in [0.05, 0.1) is 0 Å². The monoisotopic (exact) mass is 227 g/mol. The maximum absolute atomic E-state index is 5.81. The van der Waals surface area contributed by atoms with Crippen molar-refractivity contribution in [2.75, 3.05) is 13.7 Å². The van der Waals surface area contributed by atoms with E-state index in [1.165, 1.54) is 5.56 Å². The summed E-state index contributed by atoms with van der Waals surface area (Å²) in [6, 6.07) is 8.38. The summed E-state index contributed by atoms with van der Waals surface area (Å²) in [6.07, 6.45) is 1.03. The molecule has 15 heavy (non-hydrogen) atoms. The highest BCUT2D eigenvalue weighted by Crippen LogP contribution is 2.09. The van der Waals surface area contributed by atoms with Crippen LogP contribution in [0, 0.1) is 0 Å². The van der Waals surface area contributed by atoms with Crippen LogP contribution < -0.4 is 5.32 Å². The van der Waals surface area contributed by atoms with Gasteiger partial charge in [-0.25, -0.2) is 0 Å². The first-order chi connectivity index (χ1) is 7.22. The Morgan fingerprint density at radius 1 is 1.33 bits per heavy atom. The van der Waals surface area contributed by atoms with E-state index in [4.69, 9.17) is 16.3 Å². The van der Waals surface area contributed by atoms with Crippen LogP contribution in [0.15, 0.2) is 24.3 Å². The van der Waals surface area contributed by atoms with Crippen LogP contribution in [0.25, 0.3) is 0 Å². The molecule has 0 aromatic heterocycles. The molecule has 0 amide bonds. The van der Waals surface area contributed by atoms with Crippen LogP contribution in [-0.2, 0) is 11.3 Å². The lowest BCUT2D eigenvalue weighted by Crippen LogP contribution is -2.26. The number of hydrogen-bond acceptors (Lipinski definition) is 2. The van der Waals surface area contributed by atoms with E-state index in [2.05, 4.69) is 12.2 Å². The summed E-state index contributed by atoms with van der Waals surface area (Å²) in [5.41, 5.74) is 1.25. The molecule has 1 atom stereocenters. The molecule has 2 nitrogen and oxygen atoms in total. The van der Waals surface area contributed by atoms with E-state index in [9.17, 15) is 0 Å². The average molecular weight is 228 g/mol. The normalized spacial score (nSPS) is 12.7. The Labute approximate surface area is 96.6 Å². The Bertz CT molecular complexity index is 273. The molecule has 3 heteroatoms. The highest BCUT2D eigenvalue weighted by Gasteiger charge is 2.00. The van der Waals surface area contributed by atoms with Crippen molar-refractivity contribution in [2.45, 2.75) is 25.9 Å². The van der Waals surface area contributed by atoms with Gasteiger partial charge in [0.2, 0.25) is 0 Å². The van der Waals surface area contributed by atoms with Gasteiger partial charge in [-0.3, -0.25) is 0 Å². The first-order valence-electron chi connectivity index (χ1n) is 5.19. The fourth-order valence-corrected chi connectivity index (χ4v) is 1.42. The summed E-state index contributed by atoms with van der Waals surface area (Å²) in [4.78, 5) is 0. The smallest absolute Gasteiger partial charge is 0.0476 e. The minimum absolute atomic E-state index is 0.473. The Morgan fingerprint density at radius 2 is 2.00 bits per heavy atom. The molecule has 0 aliphatic carbocycles. The lowest BCUT2D eigenvalue weighted by molar-refractivity contribution is 0.184. The summed E-state index contributed by atoms with van der Waals surface area (Å²) >= 11 is 5.81. The quantitative estimate of drug-likeness (QED) is 0.807. The lowest BCUT2D eigenvalue weighted by atomic mass is 10.2. The zero-order chi connectivity index (χ0) is 11.1. The molecule has 1 rings (SSSR count). The minimum Gasteiger partial charge on any atom is -0.385 e. The molecule has 1 unspecified atom stereocenters. The zero-order valence-corrected chi connectivity index (χ0v) is 10.1. The zero-order valence-electron chi connectivity index (χ0n) is 9.29. The maximum Gasteiger partial charge on any atom is 0.0476 e. The first-order valence-corrected chi connectivity index (χ1v) is 5.57. The van der Waals surface area contributed by atoms with Gasteiger partial charge < -0.3 is 10.1 Å². The van der Waals surface area contributed by atoms with E-state index in [1.54, 1.807) is 7.11 Å². The van der Waals surface area contributed by atoms with E-state index in [0.717, 1.165) is 24.6 Å². The molecule has 0 saturated heterocycles. The van der Waals surface area contributed by atoms with E-state index < -0.39 is 0 Å². The Morgan fingerprint density at radius 3 is 2.60 bits per heavy atom. The molecule has 0 radical (unpaired) electrons. The molecule has 1 aromatic carbocycles. The highest BCUT2D eigenvalue weighted by atomic mass is 35.5. The lowest BCUT2D eigenvalue weighted by Gasteiger charge is -2.13. The second-order valence-electron chi connectivity index (χ2n) is 3.69. The van der Waals surface area contributed by atoms with E-state index in [-0.39, 0.29) is 0 Å². The van der Waals surface area contributed by atoms with Crippen LogP contribution in [0.5, 0.6) is 0 Å². The van der Waals surface area contributed by atoms with E-state index in [1.807, 2.05) is 24.3 Å². The van der Waals surface area contributed by atoms with Crippen molar-refractivity contribution in [3.63, 3.8) is 0 Å². The summed E-state index contributed by atoms with van der Waals surface area (Å²) < 4.78 is 5.02. The van der Waals surface area contributed by atoms with Crippen LogP contribution in [0.4, 0.5) is 0 Å². The van der Waals surface area contributed by atoms with E-state index in [0.29, 0.717) is 6.04 Å². The second-order valence-corrected chi connectivity index (χ2v) is 4.13. The number of rotatable bonds is 6. The minimum atomic E-state index is 0.473. The third-order valence-electron chi connectivity index (χ3n) is 2.32. The Balaban J connectivity index is 2.27. The van der Waals surface area contributed by atoms with Crippen LogP contribution in [-0.4, -0.2) is 19.8 Å². The highest BCUT2D eigenvalue weighted by molar-refractivity contribution is 6.30. The molecule has 0 heterocycles. The molecular weight excluding hydrogens is 210 g/mol. The molecule has 0 aliphatic rings. The van der Waals surface area contributed by atoms with Crippen molar-refractivity contribution in [1.82, 2.24) is 5.32 Å². The number of nitrogens with one attached hydrogen (secondary N) is 1. The topological polar surface area (TPSA) is 21.3 Å². The second kappa shape index (κ2) is 6.83. The predicted molar refractivity (Wildman–Crippen MR) is 64.2 cm³/mol. The summed E-state index contributed by atoms with van der Waals surface area (Å²) in [7, 11) is 1.73. The largest absolute Gasteiger partial charge is 0.385 e. The Kier molecular flexibility index (Phi) is 5.69. The van der Waals surface area contributed by atoms with Gasteiger partial charge in [-0.1, -0.05) is 23.7 Å². The van der Waals surface area contributed by atoms with Gasteiger partial charge in [-0.2, -0.15) is 0 Å². The fourth-order valence-electron chi connectivity index (χ4n) is 1.29. The molecule has 0 saturated carbocycles. The molecular formula is C12H18ClNO.